The van der Waals surface area contributed by atoms with Crippen molar-refractivity contribution in [2.45, 2.75) is 62.7 Å². The van der Waals surface area contributed by atoms with Gasteiger partial charge in [-0.05, 0) is 43.8 Å². The second-order valence-corrected chi connectivity index (χ2v) is 12.0. The molecule has 1 fully saturated rings. The Bertz CT molecular complexity index is 1380. The summed E-state index contributed by atoms with van der Waals surface area (Å²) in [6.45, 7) is 5.08. The van der Waals surface area contributed by atoms with Gasteiger partial charge in [-0.2, -0.15) is 0 Å². The fourth-order valence-electron chi connectivity index (χ4n) is 6.95. The van der Waals surface area contributed by atoms with Gasteiger partial charge in [0.2, 0.25) is 5.78 Å². The molecule has 1 aromatic rings. The number of nitrogens with two attached hydrogens (primary N) is 1. The molecule has 1 saturated carbocycles. The van der Waals surface area contributed by atoms with Crippen LogP contribution in [0.2, 0.25) is 0 Å². The third kappa shape index (κ3) is 4.35. The van der Waals surface area contributed by atoms with Gasteiger partial charge in [-0.1, -0.05) is 32.9 Å². The molecule has 224 valence electrons. The highest BCUT2D eigenvalue weighted by Gasteiger charge is 2.68. The molecule has 0 heterocycles. The number of Topliss-reactive ketones (excluding diaryl/α,β-unsaturated/α-hetero) is 2. The number of aromatic hydroxyl groups is 1. The quantitative estimate of drug-likeness (QED) is 0.177. The van der Waals surface area contributed by atoms with Crippen molar-refractivity contribution < 1.29 is 45.1 Å². The first-order valence-corrected chi connectivity index (χ1v) is 13.2. The summed E-state index contributed by atoms with van der Waals surface area (Å²) in [5, 5.41) is 77.0. The number of phenols is 1. The summed E-state index contributed by atoms with van der Waals surface area (Å²) < 4.78 is 0. The lowest BCUT2D eigenvalue weighted by Crippen LogP contribution is -2.70. The summed E-state index contributed by atoms with van der Waals surface area (Å²) >= 11 is 0. The Kier molecular flexibility index (Phi) is 7.61. The van der Waals surface area contributed by atoms with Crippen LogP contribution in [-0.4, -0.2) is 96.7 Å². The van der Waals surface area contributed by atoms with E-state index in [1.54, 1.807) is 32.9 Å². The molecule has 6 atom stereocenters. The molecule has 0 saturated heterocycles. The van der Waals surface area contributed by atoms with E-state index in [4.69, 9.17) is 10.9 Å². The number of hydrogen-bond donors (Lipinski definition) is 7. The van der Waals surface area contributed by atoms with Crippen molar-refractivity contribution in [3.05, 3.63) is 50.9 Å². The van der Waals surface area contributed by atoms with E-state index in [0.29, 0.717) is 17.5 Å². The van der Waals surface area contributed by atoms with E-state index in [1.165, 1.54) is 19.0 Å². The number of benzene rings is 1. The lowest BCUT2D eigenvalue weighted by atomic mass is 9.54. The van der Waals surface area contributed by atoms with Gasteiger partial charge in [0.15, 0.2) is 11.4 Å². The van der Waals surface area contributed by atoms with E-state index in [1.807, 2.05) is 0 Å². The van der Waals surface area contributed by atoms with E-state index in [0.717, 1.165) is 0 Å². The fraction of sp³-hybridized carbons (Fsp3) is 0.536. The summed E-state index contributed by atoms with van der Waals surface area (Å²) in [5.74, 6) is -9.43. The monoisotopic (exact) mass is 574 g/mol. The van der Waals surface area contributed by atoms with Crippen molar-refractivity contribution in [3.8, 4) is 5.75 Å². The van der Waals surface area contributed by atoms with Crippen molar-refractivity contribution in [1.82, 2.24) is 10.1 Å². The number of carbonyl (C=O) groups excluding carboxylic acids is 3. The van der Waals surface area contributed by atoms with E-state index in [9.17, 15) is 45.1 Å². The number of amides is 1. The molecule has 8 N–H and O–H groups in total. The summed E-state index contributed by atoms with van der Waals surface area (Å²) in [4.78, 5) is 40.8. The van der Waals surface area contributed by atoms with Gasteiger partial charge in [0.05, 0.1) is 23.6 Å². The Morgan fingerprint density at radius 1 is 1.17 bits per heavy atom. The average molecular weight is 575 g/mol. The van der Waals surface area contributed by atoms with Crippen molar-refractivity contribution in [3.63, 3.8) is 0 Å². The average Bonchev–Trinajstić information content (AvgIpc) is 2.85. The maximum atomic E-state index is 14.1. The number of hydrogen-bond acceptors (Lipinski definition) is 12. The van der Waals surface area contributed by atoms with Gasteiger partial charge in [0.25, 0.3) is 5.91 Å². The minimum Gasteiger partial charge on any atom is -0.762 e. The first-order valence-electron chi connectivity index (χ1n) is 13.2. The van der Waals surface area contributed by atoms with Crippen LogP contribution in [0.4, 0.5) is 0 Å². The SMILES string of the molecule is C[C@H]1c2ccc(C(C)(C)CCCN([O-])O)c(O)c2C(O)=C2C(=O)[C@]3(O)C(O)=C(C(N)=O)C(=O)[C@@H](N(C)C)[C@@H]3[C@@H](O)[C@@H]21. The van der Waals surface area contributed by atoms with Crippen molar-refractivity contribution in [1.29, 1.82) is 0 Å². The van der Waals surface area contributed by atoms with E-state index in [2.05, 4.69) is 0 Å². The van der Waals surface area contributed by atoms with Gasteiger partial charge in [-0.3, -0.25) is 24.5 Å². The standard InChI is InChI=1S/C28H36N3O10/c1-11-12-7-8-13(27(2,3)9-6-10-31(40)41)20(32)15(12)21(33)16-14(11)22(34)18-19(30(4)5)23(35)17(26(29)38)25(37)28(18,39)24(16)36/h7-8,11,14,18-19,22,32-34,37,39-40H,6,9-10H2,1-5H3,(H2,29,38)/q-1/t11-,14+,18+,19-,22-,28-/m0/s1. The first-order chi connectivity index (χ1) is 18.9. The van der Waals surface area contributed by atoms with Gasteiger partial charge in [-0.25, -0.2) is 0 Å². The first kappa shape index (κ1) is 30.6. The molecule has 13 nitrogen and oxygen atoms in total. The lowest BCUT2D eigenvalue weighted by molar-refractivity contribution is -0.169. The number of fused-ring (bicyclic) bond motifs is 3. The van der Waals surface area contributed by atoms with Crippen molar-refractivity contribution in [2.24, 2.45) is 17.6 Å². The minimum absolute atomic E-state index is 0.0980. The number of aliphatic hydroxyl groups is 4. The third-order valence-corrected chi connectivity index (χ3v) is 9.01. The van der Waals surface area contributed by atoms with Crippen LogP contribution < -0.4 is 5.73 Å². The van der Waals surface area contributed by atoms with Gasteiger partial charge in [0, 0.05) is 23.6 Å². The molecule has 0 radical (unpaired) electrons. The second-order valence-electron chi connectivity index (χ2n) is 12.0. The fourth-order valence-corrected chi connectivity index (χ4v) is 6.95. The van der Waals surface area contributed by atoms with Crippen LogP contribution in [0.5, 0.6) is 5.75 Å². The van der Waals surface area contributed by atoms with Gasteiger partial charge >= 0.3 is 0 Å². The minimum atomic E-state index is -2.98. The highest BCUT2D eigenvalue weighted by molar-refractivity contribution is 6.24. The zero-order valence-corrected chi connectivity index (χ0v) is 23.5. The number of phenolic OH excluding ortho intramolecular Hbond substituents is 1. The molecule has 3 aliphatic rings. The number of nitrogens with zero attached hydrogens (tertiary/aromatic N) is 2. The number of hydroxylamine groups is 2. The topological polar surface area (TPSA) is 228 Å². The summed E-state index contributed by atoms with van der Waals surface area (Å²) in [6.07, 6.45) is -1.02. The van der Waals surface area contributed by atoms with Crippen molar-refractivity contribution in [2.75, 3.05) is 20.6 Å². The molecule has 0 aliphatic heterocycles. The summed E-state index contributed by atoms with van der Waals surface area (Å²) in [7, 11) is 2.89. The Morgan fingerprint density at radius 3 is 2.32 bits per heavy atom. The van der Waals surface area contributed by atoms with Crippen LogP contribution in [-0.2, 0) is 19.8 Å². The smallest absolute Gasteiger partial charge is 0.255 e. The zero-order chi connectivity index (χ0) is 30.9. The van der Waals surface area contributed by atoms with Crippen LogP contribution in [0.1, 0.15) is 56.2 Å². The molecule has 0 unspecified atom stereocenters. The van der Waals surface area contributed by atoms with Crippen LogP contribution in [0.3, 0.4) is 0 Å². The normalized spacial score (nSPS) is 30.1. The number of primary amides is 1. The second kappa shape index (κ2) is 10.2. The Labute approximate surface area is 236 Å². The van der Waals surface area contributed by atoms with Crippen LogP contribution >= 0.6 is 0 Å². The van der Waals surface area contributed by atoms with E-state index >= 15 is 0 Å². The highest BCUT2D eigenvalue weighted by Crippen LogP contribution is 2.57. The number of carbonyl (C=O) groups is 3. The molecule has 1 aromatic carbocycles. The van der Waals surface area contributed by atoms with Gasteiger partial charge in [0.1, 0.15) is 22.8 Å². The summed E-state index contributed by atoms with van der Waals surface area (Å²) in [5.41, 5.74) is 0.834. The molecule has 0 spiro atoms. The Morgan fingerprint density at radius 2 is 1.78 bits per heavy atom. The van der Waals surface area contributed by atoms with Gasteiger partial charge < -0.3 is 41.7 Å². The third-order valence-electron chi connectivity index (χ3n) is 9.01. The molecule has 0 aromatic heterocycles. The molecule has 4 rings (SSSR count). The Hall–Kier alpha value is -3.33. The highest BCUT2D eigenvalue weighted by atomic mass is 16.8. The Balaban J connectivity index is 1.94. The van der Waals surface area contributed by atoms with E-state index in [-0.39, 0.29) is 29.5 Å². The molecule has 3 aliphatic carbocycles. The zero-order valence-electron chi connectivity index (χ0n) is 23.5. The number of rotatable bonds is 7. The number of ketones is 2. The predicted octanol–water partition coefficient (Wildman–Crippen LogP) is 0.743. The predicted molar refractivity (Wildman–Crippen MR) is 144 cm³/mol. The van der Waals surface area contributed by atoms with Crippen molar-refractivity contribution >= 4 is 23.2 Å². The number of likely N-dealkylation sites (N-methyl/N-ethyl adjacent to an activating group) is 1. The van der Waals surface area contributed by atoms with Crippen LogP contribution in [0.25, 0.3) is 5.76 Å². The molecular formula is C28H36N3O10-. The van der Waals surface area contributed by atoms with Crippen LogP contribution in [0.15, 0.2) is 29.0 Å². The number of aliphatic hydroxyl groups excluding tert-OH is 3. The maximum absolute atomic E-state index is 14.1. The van der Waals surface area contributed by atoms with Crippen LogP contribution in [0, 0.1) is 17.0 Å². The van der Waals surface area contributed by atoms with Gasteiger partial charge in [-0.15, -0.1) is 0 Å². The molecular weight excluding hydrogens is 538 g/mol. The molecule has 1 amide bonds. The molecule has 13 heteroatoms. The maximum Gasteiger partial charge on any atom is 0.255 e. The molecule has 0 bridgehead atoms. The molecule has 41 heavy (non-hydrogen) atoms. The largest absolute Gasteiger partial charge is 0.762 e. The lowest BCUT2D eigenvalue weighted by Gasteiger charge is -2.53. The van der Waals surface area contributed by atoms with E-state index < -0.39 is 81.1 Å². The summed E-state index contributed by atoms with van der Waals surface area (Å²) in [6, 6.07) is 1.87.